The molecule has 0 spiro atoms. The highest BCUT2D eigenvalue weighted by Gasteiger charge is 2.36. The van der Waals surface area contributed by atoms with Crippen molar-refractivity contribution in [1.29, 1.82) is 0 Å². The van der Waals surface area contributed by atoms with Crippen molar-refractivity contribution in [3.05, 3.63) is 30.3 Å². The molecule has 2 rings (SSSR count). The lowest BCUT2D eigenvalue weighted by molar-refractivity contribution is 0.477. The van der Waals surface area contributed by atoms with E-state index in [0.717, 1.165) is 6.26 Å². The second kappa shape index (κ2) is 4.64. The van der Waals surface area contributed by atoms with E-state index in [1.165, 1.54) is 16.4 Å². The van der Waals surface area contributed by atoms with Gasteiger partial charge >= 0.3 is 0 Å². The Morgan fingerprint density at radius 2 is 1.72 bits per heavy atom. The van der Waals surface area contributed by atoms with E-state index in [4.69, 9.17) is 0 Å². The maximum Gasteiger partial charge on any atom is 0.243 e. The fraction of sp³-hybridized carbons (Fsp3) is 0.455. The summed E-state index contributed by atoms with van der Waals surface area (Å²) in [6.07, 6.45) is 1.52. The lowest BCUT2D eigenvalue weighted by Gasteiger charge is -2.16. The van der Waals surface area contributed by atoms with Gasteiger partial charge in [-0.25, -0.2) is 16.8 Å². The third-order valence-electron chi connectivity index (χ3n) is 3.09. The molecule has 0 aliphatic carbocycles. The predicted octanol–water partition coefficient (Wildman–Crippen LogP) is 0.494. The van der Waals surface area contributed by atoms with Gasteiger partial charge in [0.2, 0.25) is 10.0 Å². The molecular formula is C11H15NO4S2. The van der Waals surface area contributed by atoms with E-state index in [2.05, 4.69) is 0 Å². The smallest absolute Gasteiger partial charge is 0.229 e. The van der Waals surface area contributed by atoms with Crippen LogP contribution in [0.3, 0.4) is 0 Å². The van der Waals surface area contributed by atoms with Crippen LogP contribution in [-0.2, 0) is 19.9 Å². The quantitative estimate of drug-likeness (QED) is 0.812. The molecule has 18 heavy (non-hydrogen) atoms. The molecule has 1 aromatic rings. The maximum atomic E-state index is 12.2. The second-order valence-corrected chi connectivity index (χ2v) is 8.68. The van der Waals surface area contributed by atoms with Crippen molar-refractivity contribution in [2.24, 2.45) is 0 Å². The number of hydrogen-bond acceptors (Lipinski definition) is 4. The summed E-state index contributed by atoms with van der Waals surface area (Å²) in [4.78, 5) is 0.208. The average molecular weight is 289 g/mol. The molecule has 0 bridgehead atoms. The van der Waals surface area contributed by atoms with Gasteiger partial charge in [0.15, 0.2) is 9.84 Å². The van der Waals surface area contributed by atoms with Crippen LogP contribution < -0.4 is 0 Å². The van der Waals surface area contributed by atoms with Gasteiger partial charge in [0, 0.05) is 19.3 Å². The lowest BCUT2D eigenvalue weighted by atomic mass is 10.4. The summed E-state index contributed by atoms with van der Waals surface area (Å²) in [7, 11) is -6.75. The molecule has 1 heterocycles. The molecule has 1 unspecified atom stereocenters. The highest BCUT2D eigenvalue weighted by molar-refractivity contribution is 7.91. The lowest BCUT2D eigenvalue weighted by Crippen LogP contribution is -2.31. The Hall–Kier alpha value is -0.920. The van der Waals surface area contributed by atoms with E-state index in [1.807, 2.05) is 0 Å². The minimum absolute atomic E-state index is 0.0516. The number of nitrogens with zero attached hydrogens (tertiary/aromatic N) is 1. The average Bonchev–Trinajstić information content (AvgIpc) is 2.79. The van der Waals surface area contributed by atoms with Crippen molar-refractivity contribution in [2.45, 2.75) is 16.6 Å². The van der Waals surface area contributed by atoms with Gasteiger partial charge in [0.25, 0.3) is 0 Å². The minimum atomic E-state index is -3.56. The van der Waals surface area contributed by atoms with Crippen molar-refractivity contribution >= 4 is 19.9 Å². The molecule has 0 saturated carbocycles. The molecule has 0 amide bonds. The first kappa shape index (κ1) is 13.5. The normalized spacial score (nSPS) is 22.2. The summed E-state index contributed by atoms with van der Waals surface area (Å²) in [5.74, 6) is 0. The fourth-order valence-electron chi connectivity index (χ4n) is 2.01. The Bertz CT molecular complexity index is 622. The molecular weight excluding hydrogens is 274 g/mol. The van der Waals surface area contributed by atoms with Crippen LogP contribution in [0.15, 0.2) is 35.2 Å². The van der Waals surface area contributed by atoms with Crippen LogP contribution in [0.1, 0.15) is 6.42 Å². The fourth-order valence-corrected chi connectivity index (χ4v) is 4.61. The largest absolute Gasteiger partial charge is 0.243 e. The van der Waals surface area contributed by atoms with Crippen LogP contribution >= 0.6 is 0 Å². The van der Waals surface area contributed by atoms with Crippen LogP contribution in [0.5, 0.6) is 0 Å². The molecule has 1 atom stereocenters. The molecule has 0 N–H and O–H groups in total. The third-order valence-corrected chi connectivity index (χ3v) is 6.57. The molecule has 0 radical (unpaired) electrons. The van der Waals surface area contributed by atoms with Gasteiger partial charge < -0.3 is 0 Å². The van der Waals surface area contributed by atoms with Crippen molar-refractivity contribution < 1.29 is 16.8 Å². The van der Waals surface area contributed by atoms with Gasteiger partial charge in [-0.05, 0) is 18.6 Å². The van der Waals surface area contributed by atoms with E-state index in [9.17, 15) is 16.8 Å². The molecule has 1 saturated heterocycles. The molecule has 1 aromatic carbocycles. The topological polar surface area (TPSA) is 71.5 Å². The zero-order valence-electron chi connectivity index (χ0n) is 9.98. The van der Waals surface area contributed by atoms with E-state index in [-0.39, 0.29) is 18.0 Å². The first-order valence-electron chi connectivity index (χ1n) is 5.56. The summed E-state index contributed by atoms with van der Waals surface area (Å²) in [6.45, 7) is 0.311. The zero-order chi connectivity index (χ0) is 13.4. The van der Waals surface area contributed by atoms with Gasteiger partial charge in [-0.15, -0.1) is 0 Å². The summed E-state index contributed by atoms with van der Waals surface area (Å²) < 4.78 is 48.6. The summed E-state index contributed by atoms with van der Waals surface area (Å²) in [5, 5.41) is -0.587. The van der Waals surface area contributed by atoms with Crippen LogP contribution in [0.2, 0.25) is 0 Å². The Labute approximate surface area is 107 Å². The SMILES string of the molecule is CS(=O)(=O)C1CCN(S(=O)(=O)c2ccccc2)C1. The van der Waals surface area contributed by atoms with Gasteiger partial charge in [-0.3, -0.25) is 0 Å². The van der Waals surface area contributed by atoms with Gasteiger partial charge in [0.05, 0.1) is 10.1 Å². The summed E-state index contributed by atoms with van der Waals surface area (Å²) in [6, 6.07) is 8.07. The highest BCUT2D eigenvalue weighted by Crippen LogP contribution is 2.23. The molecule has 1 aliphatic rings. The Balaban J connectivity index is 2.25. The van der Waals surface area contributed by atoms with Gasteiger partial charge in [0.1, 0.15) is 0 Å². The Morgan fingerprint density at radius 3 is 2.22 bits per heavy atom. The van der Waals surface area contributed by atoms with E-state index in [0.29, 0.717) is 6.42 Å². The molecule has 1 aliphatic heterocycles. The van der Waals surface area contributed by atoms with E-state index >= 15 is 0 Å². The van der Waals surface area contributed by atoms with E-state index in [1.54, 1.807) is 18.2 Å². The number of sulfone groups is 1. The third kappa shape index (κ3) is 2.57. The van der Waals surface area contributed by atoms with Crippen molar-refractivity contribution in [3.63, 3.8) is 0 Å². The Morgan fingerprint density at radius 1 is 1.11 bits per heavy atom. The molecule has 100 valence electrons. The molecule has 1 fully saturated rings. The number of benzene rings is 1. The van der Waals surface area contributed by atoms with Crippen LogP contribution in [0, 0.1) is 0 Å². The van der Waals surface area contributed by atoms with Crippen molar-refractivity contribution in [1.82, 2.24) is 4.31 Å². The first-order chi connectivity index (χ1) is 8.32. The summed E-state index contributed by atoms with van der Waals surface area (Å²) in [5.41, 5.74) is 0. The molecule has 0 aromatic heterocycles. The molecule has 7 heteroatoms. The number of rotatable bonds is 3. The van der Waals surface area contributed by atoms with Crippen molar-refractivity contribution in [3.8, 4) is 0 Å². The number of sulfonamides is 1. The van der Waals surface area contributed by atoms with Gasteiger partial charge in [-0.1, -0.05) is 18.2 Å². The summed E-state index contributed by atoms with van der Waals surface area (Å²) >= 11 is 0. The Kier molecular flexibility index (Phi) is 3.48. The molecule has 5 nitrogen and oxygen atoms in total. The van der Waals surface area contributed by atoms with E-state index < -0.39 is 25.1 Å². The van der Waals surface area contributed by atoms with Crippen molar-refractivity contribution in [2.75, 3.05) is 19.3 Å². The number of hydrogen-bond donors (Lipinski definition) is 0. The predicted molar refractivity (Wildman–Crippen MR) is 68.4 cm³/mol. The minimum Gasteiger partial charge on any atom is -0.229 e. The zero-order valence-corrected chi connectivity index (χ0v) is 11.6. The monoisotopic (exact) mass is 289 g/mol. The van der Waals surface area contributed by atoms with Gasteiger partial charge in [-0.2, -0.15) is 4.31 Å². The second-order valence-electron chi connectivity index (χ2n) is 4.42. The van der Waals surface area contributed by atoms with Crippen LogP contribution in [0.4, 0.5) is 0 Å². The van der Waals surface area contributed by atoms with Crippen LogP contribution in [-0.4, -0.2) is 45.7 Å². The highest BCUT2D eigenvalue weighted by atomic mass is 32.2. The van der Waals surface area contributed by atoms with Crippen LogP contribution in [0.25, 0.3) is 0 Å². The standard InChI is InChI=1S/C11H15NO4S2/c1-17(13,14)11-7-8-12(9-11)18(15,16)10-5-3-2-4-6-10/h2-6,11H,7-9H2,1H3. The maximum absolute atomic E-state index is 12.2. The first-order valence-corrected chi connectivity index (χ1v) is 8.95.